The molecule has 1 aliphatic rings. The van der Waals surface area contributed by atoms with Gasteiger partial charge in [-0.15, -0.1) is 0 Å². The lowest BCUT2D eigenvalue weighted by Crippen LogP contribution is -2.48. The number of nitrogens with one attached hydrogen (secondary N) is 1. The minimum absolute atomic E-state index is 0.0546. The van der Waals surface area contributed by atoms with E-state index in [1.807, 2.05) is 19.2 Å². The van der Waals surface area contributed by atoms with E-state index in [1.54, 1.807) is 12.1 Å². The molecule has 1 fully saturated rings. The van der Waals surface area contributed by atoms with Crippen molar-refractivity contribution >= 4 is 9.84 Å². The van der Waals surface area contributed by atoms with Gasteiger partial charge in [0.25, 0.3) is 0 Å². The lowest BCUT2D eigenvalue weighted by atomic mass is 9.76. The summed E-state index contributed by atoms with van der Waals surface area (Å²) in [6.45, 7) is 2.36. The fraction of sp³-hybridized carbons (Fsp3) is 0.538. The molecule has 2 rings (SSSR count). The Bertz CT molecular complexity index is 504. The molecule has 0 aromatic heterocycles. The molecule has 1 N–H and O–H groups in total. The summed E-state index contributed by atoms with van der Waals surface area (Å²) in [5, 5.41) is 3.15. The first-order valence-corrected chi connectivity index (χ1v) is 7.90. The Morgan fingerprint density at radius 1 is 1.28 bits per heavy atom. The predicted molar refractivity (Wildman–Crippen MR) is 70.6 cm³/mol. The van der Waals surface area contributed by atoms with Crippen LogP contribution in [-0.2, 0) is 20.0 Å². The number of ether oxygens (including phenoxy) is 1. The van der Waals surface area contributed by atoms with Crippen molar-refractivity contribution < 1.29 is 13.2 Å². The van der Waals surface area contributed by atoms with Crippen molar-refractivity contribution in [2.45, 2.75) is 16.7 Å². The predicted octanol–water partition coefficient (Wildman–Crippen LogP) is 0.968. The van der Waals surface area contributed by atoms with Crippen LogP contribution in [-0.4, -0.2) is 41.5 Å². The van der Waals surface area contributed by atoms with E-state index in [1.165, 1.54) is 6.26 Å². The van der Waals surface area contributed by atoms with Crippen LogP contribution in [0.25, 0.3) is 0 Å². The first-order valence-electron chi connectivity index (χ1n) is 6.01. The third-order valence-corrected chi connectivity index (χ3v) is 4.63. The highest BCUT2D eigenvalue weighted by molar-refractivity contribution is 7.90. The fourth-order valence-electron chi connectivity index (χ4n) is 2.22. The zero-order chi connectivity index (χ0) is 13.2. The molecule has 0 bridgehead atoms. The zero-order valence-electron chi connectivity index (χ0n) is 10.8. The van der Waals surface area contributed by atoms with Crippen LogP contribution >= 0.6 is 0 Å². The second-order valence-electron chi connectivity index (χ2n) is 4.92. The molecule has 0 spiro atoms. The lowest BCUT2D eigenvalue weighted by molar-refractivity contribution is -0.0638. The highest BCUT2D eigenvalue weighted by Crippen LogP contribution is 2.35. The molecule has 0 unspecified atom stereocenters. The van der Waals surface area contributed by atoms with Gasteiger partial charge in [-0.2, -0.15) is 0 Å². The molecule has 0 radical (unpaired) electrons. The number of sulfone groups is 1. The summed E-state index contributed by atoms with van der Waals surface area (Å²) in [5.41, 5.74) is 1.22. The SMILES string of the molecule is CNCCC1(c2ccc(S(C)(=O)=O)cc2)COC1. The minimum atomic E-state index is -3.11. The van der Waals surface area contributed by atoms with Gasteiger partial charge < -0.3 is 10.1 Å². The van der Waals surface area contributed by atoms with Gasteiger partial charge in [0.15, 0.2) is 9.84 Å². The van der Waals surface area contributed by atoms with Crippen molar-refractivity contribution in [3.63, 3.8) is 0 Å². The number of hydrogen-bond donors (Lipinski definition) is 1. The van der Waals surface area contributed by atoms with E-state index in [2.05, 4.69) is 5.32 Å². The van der Waals surface area contributed by atoms with Crippen LogP contribution in [0.3, 0.4) is 0 Å². The molecular formula is C13H19NO3S. The van der Waals surface area contributed by atoms with Crippen LogP contribution in [0.2, 0.25) is 0 Å². The van der Waals surface area contributed by atoms with Crippen molar-refractivity contribution in [3.05, 3.63) is 29.8 Å². The molecule has 100 valence electrons. The van der Waals surface area contributed by atoms with E-state index in [0.29, 0.717) is 18.1 Å². The average molecular weight is 269 g/mol. The van der Waals surface area contributed by atoms with Crippen LogP contribution < -0.4 is 5.32 Å². The molecule has 5 heteroatoms. The Balaban J connectivity index is 2.23. The quantitative estimate of drug-likeness (QED) is 0.865. The normalized spacial score (nSPS) is 18.3. The van der Waals surface area contributed by atoms with Gasteiger partial charge in [0.2, 0.25) is 0 Å². The second kappa shape index (κ2) is 4.99. The third-order valence-electron chi connectivity index (χ3n) is 3.51. The van der Waals surface area contributed by atoms with Gasteiger partial charge in [0.05, 0.1) is 18.1 Å². The Kier molecular flexibility index (Phi) is 3.75. The summed E-state index contributed by atoms with van der Waals surface area (Å²) in [7, 11) is -1.18. The highest BCUT2D eigenvalue weighted by atomic mass is 32.2. The van der Waals surface area contributed by atoms with Gasteiger partial charge in [0.1, 0.15) is 0 Å². The van der Waals surface area contributed by atoms with Crippen molar-refractivity contribution in [2.24, 2.45) is 0 Å². The fourth-order valence-corrected chi connectivity index (χ4v) is 2.85. The molecule has 4 nitrogen and oxygen atoms in total. The smallest absolute Gasteiger partial charge is 0.175 e. The standard InChI is InChI=1S/C13H19NO3S/c1-14-8-7-13(9-17-10-13)11-3-5-12(6-4-11)18(2,15)16/h3-6,14H,7-10H2,1-2H3. The number of benzene rings is 1. The van der Waals surface area contributed by atoms with Crippen LogP contribution in [0.1, 0.15) is 12.0 Å². The molecule has 0 saturated carbocycles. The molecule has 0 amide bonds. The van der Waals surface area contributed by atoms with E-state index < -0.39 is 9.84 Å². The van der Waals surface area contributed by atoms with Crippen molar-refractivity contribution in [2.75, 3.05) is 33.1 Å². The third kappa shape index (κ3) is 2.58. The molecule has 1 saturated heterocycles. The van der Waals surface area contributed by atoms with E-state index in [-0.39, 0.29) is 5.41 Å². The summed E-state index contributed by atoms with van der Waals surface area (Å²) >= 11 is 0. The topological polar surface area (TPSA) is 55.4 Å². The van der Waals surface area contributed by atoms with Crippen molar-refractivity contribution in [3.8, 4) is 0 Å². The first-order chi connectivity index (χ1) is 8.48. The monoisotopic (exact) mass is 269 g/mol. The van der Waals surface area contributed by atoms with Crippen LogP contribution in [0.5, 0.6) is 0 Å². The van der Waals surface area contributed by atoms with Crippen molar-refractivity contribution in [1.29, 1.82) is 0 Å². The molecule has 0 atom stereocenters. The maximum atomic E-state index is 11.4. The molecule has 1 heterocycles. The Labute approximate surface area is 108 Å². The summed E-state index contributed by atoms with van der Waals surface area (Å²) < 4.78 is 28.2. The van der Waals surface area contributed by atoms with Crippen LogP contribution in [0.4, 0.5) is 0 Å². The van der Waals surface area contributed by atoms with Crippen LogP contribution in [0, 0.1) is 0 Å². The molecule has 1 aromatic rings. The van der Waals surface area contributed by atoms with E-state index in [0.717, 1.165) is 18.5 Å². The minimum Gasteiger partial charge on any atom is -0.379 e. The number of rotatable bonds is 5. The summed E-state index contributed by atoms with van der Waals surface area (Å²) in [6.07, 6.45) is 2.23. The average Bonchev–Trinajstić information content (AvgIpc) is 2.27. The lowest BCUT2D eigenvalue weighted by Gasteiger charge is -2.42. The molecule has 1 aromatic carbocycles. The molecule has 18 heavy (non-hydrogen) atoms. The van der Waals surface area contributed by atoms with E-state index in [4.69, 9.17) is 4.74 Å². The summed E-state index contributed by atoms with van der Waals surface area (Å²) in [5.74, 6) is 0. The maximum absolute atomic E-state index is 11.4. The van der Waals surface area contributed by atoms with E-state index in [9.17, 15) is 8.42 Å². The summed E-state index contributed by atoms with van der Waals surface area (Å²) in [6, 6.07) is 7.19. The van der Waals surface area contributed by atoms with Gasteiger partial charge in [-0.3, -0.25) is 0 Å². The van der Waals surface area contributed by atoms with Gasteiger partial charge >= 0.3 is 0 Å². The molecule has 1 aliphatic heterocycles. The van der Waals surface area contributed by atoms with Crippen LogP contribution in [0.15, 0.2) is 29.2 Å². The zero-order valence-corrected chi connectivity index (χ0v) is 11.6. The maximum Gasteiger partial charge on any atom is 0.175 e. The molecule has 0 aliphatic carbocycles. The van der Waals surface area contributed by atoms with Gasteiger partial charge in [-0.1, -0.05) is 12.1 Å². The molecular weight excluding hydrogens is 250 g/mol. The van der Waals surface area contributed by atoms with Gasteiger partial charge in [0, 0.05) is 11.7 Å². The van der Waals surface area contributed by atoms with Gasteiger partial charge in [-0.25, -0.2) is 8.42 Å². The van der Waals surface area contributed by atoms with Gasteiger partial charge in [-0.05, 0) is 37.7 Å². The Morgan fingerprint density at radius 2 is 1.89 bits per heavy atom. The first kappa shape index (κ1) is 13.5. The second-order valence-corrected chi connectivity index (χ2v) is 6.94. The Hall–Kier alpha value is -0.910. The number of hydrogen-bond acceptors (Lipinski definition) is 4. The van der Waals surface area contributed by atoms with Crippen molar-refractivity contribution in [1.82, 2.24) is 5.32 Å². The Morgan fingerprint density at radius 3 is 2.28 bits per heavy atom. The largest absolute Gasteiger partial charge is 0.379 e. The van der Waals surface area contributed by atoms with E-state index >= 15 is 0 Å². The summed E-state index contributed by atoms with van der Waals surface area (Å²) in [4.78, 5) is 0.371. The highest BCUT2D eigenvalue weighted by Gasteiger charge is 2.39.